The first-order chi connectivity index (χ1) is 12.8. The highest BCUT2D eigenvalue weighted by Gasteiger charge is 2.29. The summed E-state index contributed by atoms with van der Waals surface area (Å²) in [5, 5.41) is -1.02. The zero-order chi connectivity index (χ0) is 21.8. The molecule has 0 heterocycles. The van der Waals surface area contributed by atoms with Crippen molar-refractivity contribution in [1.29, 1.82) is 0 Å². The van der Waals surface area contributed by atoms with E-state index in [1.807, 2.05) is 0 Å². The first-order valence-electron chi connectivity index (χ1n) is 8.97. The van der Waals surface area contributed by atoms with E-state index in [0.29, 0.717) is 12.8 Å². The highest BCUT2D eigenvalue weighted by molar-refractivity contribution is 6.63. The summed E-state index contributed by atoms with van der Waals surface area (Å²) in [6.07, 6.45) is 1.67. The Balaban J connectivity index is 4.14. The van der Waals surface area contributed by atoms with Crippen LogP contribution in [0.3, 0.4) is 0 Å². The smallest absolute Gasteiger partial charge is 0.298 e. The van der Waals surface area contributed by atoms with Crippen molar-refractivity contribution in [3.63, 3.8) is 0 Å². The topological polar surface area (TPSA) is 105 Å². The predicted molar refractivity (Wildman–Crippen MR) is 101 cm³/mol. The Morgan fingerprint density at radius 1 is 0.643 bits per heavy atom. The van der Waals surface area contributed by atoms with Crippen LogP contribution >= 0.6 is 23.2 Å². The number of carbonyl (C=O) groups is 4. The van der Waals surface area contributed by atoms with Gasteiger partial charge in [0.15, 0.2) is 0 Å². The molecule has 0 N–H and O–H groups in total. The summed E-state index contributed by atoms with van der Waals surface area (Å²) in [4.78, 5) is 64.2. The lowest BCUT2D eigenvalue weighted by Gasteiger charge is -2.28. The minimum atomic E-state index is -0.802. The Morgan fingerprint density at radius 3 is 1.25 bits per heavy atom. The van der Waals surface area contributed by atoms with E-state index >= 15 is 0 Å². The molecule has 0 rings (SSSR count). The Morgan fingerprint density at radius 2 is 0.964 bits per heavy atom. The van der Waals surface area contributed by atoms with Gasteiger partial charge in [0.25, 0.3) is 0 Å². The lowest BCUT2D eigenvalue weighted by Crippen LogP contribution is -2.32. The maximum Gasteiger partial charge on any atom is 0.342 e. The normalized spacial score (nSPS) is 11.8. The van der Waals surface area contributed by atoms with Gasteiger partial charge in [-0.05, 0) is 76.6 Å². The molecular weight excluding hydrogens is 415 g/mol. The van der Waals surface area contributed by atoms with Crippen LogP contribution in [-0.4, -0.2) is 33.6 Å². The first-order valence-corrected chi connectivity index (χ1v) is 9.72. The summed E-state index contributed by atoms with van der Waals surface area (Å²) in [5.74, 6) is -1.18. The number of halogens is 2. The van der Waals surface area contributed by atoms with Crippen molar-refractivity contribution in [3.8, 4) is 0 Å². The quantitative estimate of drug-likeness (QED) is 0.211. The third-order valence-electron chi connectivity index (χ3n) is 3.56. The Kier molecular flexibility index (Phi) is 12.5. The fourth-order valence-corrected chi connectivity index (χ4v) is 2.10. The van der Waals surface area contributed by atoms with Crippen LogP contribution < -0.4 is 0 Å². The summed E-state index contributed by atoms with van der Waals surface area (Å²) in [6, 6.07) is 0. The van der Waals surface area contributed by atoms with E-state index in [1.165, 1.54) is 0 Å². The van der Waals surface area contributed by atoms with Crippen molar-refractivity contribution in [2.45, 2.75) is 90.3 Å². The van der Waals surface area contributed by atoms with Gasteiger partial charge < -0.3 is 0 Å². The minimum absolute atomic E-state index is 0.0222. The molecule has 0 fully saturated rings. The van der Waals surface area contributed by atoms with Crippen LogP contribution in [0.5, 0.6) is 0 Å². The molecule has 0 aromatic rings. The molecule has 0 amide bonds. The molecule has 0 aliphatic carbocycles. The van der Waals surface area contributed by atoms with E-state index in [9.17, 15) is 19.2 Å². The van der Waals surface area contributed by atoms with Crippen LogP contribution in [0, 0.1) is 0 Å². The van der Waals surface area contributed by atoms with Gasteiger partial charge in [-0.25, -0.2) is 9.59 Å². The summed E-state index contributed by atoms with van der Waals surface area (Å²) < 4.78 is 0. The monoisotopic (exact) mass is 442 g/mol. The Bertz CT molecular complexity index is 498. The fourth-order valence-electron chi connectivity index (χ4n) is 1.83. The molecule has 10 heteroatoms. The average molecular weight is 443 g/mol. The maximum absolute atomic E-state index is 11.6. The van der Waals surface area contributed by atoms with E-state index in [0.717, 1.165) is 0 Å². The van der Waals surface area contributed by atoms with Crippen LogP contribution in [-0.2, 0) is 38.7 Å². The molecule has 0 spiro atoms. The second-order valence-corrected chi connectivity index (χ2v) is 8.36. The van der Waals surface area contributed by atoms with Crippen molar-refractivity contribution in [1.82, 2.24) is 0 Å². The summed E-state index contributed by atoms with van der Waals surface area (Å²) >= 11 is 10.4. The van der Waals surface area contributed by atoms with Crippen LogP contribution in [0.1, 0.15) is 79.1 Å². The molecule has 162 valence electrons. The van der Waals surface area contributed by atoms with Gasteiger partial charge in [0.05, 0.1) is 0 Å². The van der Waals surface area contributed by atoms with Crippen molar-refractivity contribution < 1.29 is 38.7 Å². The molecule has 0 aromatic heterocycles. The maximum atomic E-state index is 11.6. The van der Waals surface area contributed by atoms with E-state index in [4.69, 9.17) is 42.8 Å². The van der Waals surface area contributed by atoms with Gasteiger partial charge in [-0.2, -0.15) is 9.78 Å². The second-order valence-electron chi connectivity index (χ2n) is 7.51. The SMILES string of the molecule is CC(C)(CCC(C)(C)OOC(=O)CCCC(=O)Cl)OOC(=O)CCCC(=O)Cl. The molecule has 0 radical (unpaired) electrons. The molecule has 0 unspecified atom stereocenters. The highest BCUT2D eigenvalue weighted by atomic mass is 35.5. The number of rotatable bonds is 15. The molecule has 0 saturated carbocycles. The summed E-state index contributed by atoms with van der Waals surface area (Å²) in [5.41, 5.74) is -1.60. The largest absolute Gasteiger partial charge is 0.342 e. The lowest BCUT2D eigenvalue weighted by molar-refractivity contribution is -0.340. The average Bonchev–Trinajstić information content (AvgIpc) is 2.56. The van der Waals surface area contributed by atoms with Crippen LogP contribution in [0.2, 0.25) is 0 Å². The third-order valence-corrected chi connectivity index (χ3v) is 3.94. The highest BCUT2D eigenvalue weighted by Crippen LogP contribution is 2.25. The molecule has 0 bridgehead atoms. The summed E-state index contributed by atoms with van der Waals surface area (Å²) in [6.45, 7) is 6.92. The van der Waals surface area contributed by atoms with Crippen molar-refractivity contribution in [2.24, 2.45) is 0 Å². The predicted octanol–water partition coefficient (Wildman–Crippen LogP) is 4.14. The number of carbonyl (C=O) groups excluding carboxylic acids is 4. The molecular formula is C18H28Cl2O8. The van der Waals surface area contributed by atoms with E-state index in [2.05, 4.69) is 0 Å². The fraction of sp³-hybridized carbons (Fsp3) is 0.778. The van der Waals surface area contributed by atoms with Gasteiger partial charge in [0.1, 0.15) is 11.2 Å². The van der Waals surface area contributed by atoms with Gasteiger partial charge in [0, 0.05) is 25.7 Å². The van der Waals surface area contributed by atoms with Crippen molar-refractivity contribution >= 4 is 45.6 Å². The molecule has 0 aliphatic rings. The zero-order valence-electron chi connectivity index (χ0n) is 16.7. The van der Waals surface area contributed by atoms with Crippen LogP contribution in [0.25, 0.3) is 0 Å². The van der Waals surface area contributed by atoms with E-state index in [-0.39, 0.29) is 38.5 Å². The van der Waals surface area contributed by atoms with E-state index < -0.39 is 33.6 Å². The molecule has 0 saturated heterocycles. The molecule has 0 aromatic carbocycles. The minimum Gasteiger partial charge on any atom is -0.298 e. The van der Waals surface area contributed by atoms with Crippen molar-refractivity contribution in [3.05, 3.63) is 0 Å². The second kappa shape index (κ2) is 13.1. The molecule has 0 aliphatic heterocycles. The van der Waals surface area contributed by atoms with E-state index in [1.54, 1.807) is 27.7 Å². The van der Waals surface area contributed by atoms with Gasteiger partial charge in [0.2, 0.25) is 10.5 Å². The van der Waals surface area contributed by atoms with Crippen molar-refractivity contribution in [2.75, 3.05) is 0 Å². The number of hydrogen-bond donors (Lipinski definition) is 0. The van der Waals surface area contributed by atoms with Crippen LogP contribution in [0.4, 0.5) is 0 Å². The lowest BCUT2D eigenvalue weighted by atomic mass is 9.94. The Labute approximate surface area is 175 Å². The molecule has 28 heavy (non-hydrogen) atoms. The third kappa shape index (κ3) is 15.8. The molecule has 8 nitrogen and oxygen atoms in total. The van der Waals surface area contributed by atoms with Crippen LogP contribution in [0.15, 0.2) is 0 Å². The zero-order valence-corrected chi connectivity index (χ0v) is 18.2. The van der Waals surface area contributed by atoms with Gasteiger partial charge in [-0.3, -0.25) is 19.4 Å². The first kappa shape index (κ1) is 26.8. The van der Waals surface area contributed by atoms with Gasteiger partial charge in [-0.15, -0.1) is 0 Å². The Hall–Kier alpha value is -1.22. The van der Waals surface area contributed by atoms with Gasteiger partial charge >= 0.3 is 11.9 Å². The van der Waals surface area contributed by atoms with Gasteiger partial charge in [-0.1, -0.05) is 0 Å². The summed E-state index contributed by atoms with van der Waals surface area (Å²) in [7, 11) is 0. The number of hydrogen-bond acceptors (Lipinski definition) is 8. The standard InChI is InChI=1S/C18H28Cl2O8/c1-17(2,27-25-15(23)9-5-7-13(19)21)11-12-18(3,4)28-26-16(24)10-6-8-14(20)22/h5-12H2,1-4H3. The molecule has 0 atom stereocenters.